The number of hydrogen-bond acceptors (Lipinski definition) is 7. The lowest BCUT2D eigenvalue weighted by Crippen LogP contribution is -2.32. The molecule has 2 atom stereocenters. The van der Waals surface area contributed by atoms with Crippen LogP contribution in [-0.4, -0.2) is 40.2 Å². The molecule has 3 rings (SSSR count). The van der Waals surface area contributed by atoms with E-state index in [1.54, 1.807) is 18.2 Å². The molecular weight excluding hydrogens is 374 g/mol. The SMILES string of the molecule is Cc1cc(N2CCCOC[C@@H]2c2cc(S(C)(=N)=O)ccc2Cl)nc(N)n1. The van der Waals surface area contributed by atoms with Crippen LogP contribution >= 0.6 is 11.6 Å². The maximum Gasteiger partial charge on any atom is 0.222 e. The predicted molar refractivity (Wildman–Crippen MR) is 103 cm³/mol. The molecule has 140 valence electrons. The van der Waals surface area contributed by atoms with Gasteiger partial charge in [-0.05, 0) is 37.1 Å². The second-order valence-electron chi connectivity index (χ2n) is 6.39. The first kappa shape index (κ1) is 18.9. The zero-order valence-corrected chi connectivity index (χ0v) is 16.3. The first-order valence-corrected chi connectivity index (χ1v) is 10.6. The highest BCUT2D eigenvalue weighted by Crippen LogP contribution is 2.34. The van der Waals surface area contributed by atoms with Gasteiger partial charge >= 0.3 is 0 Å². The highest BCUT2D eigenvalue weighted by atomic mass is 35.5. The quantitative estimate of drug-likeness (QED) is 0.827. The highest BCUT2D eigenvalue weighted by molar-refractivity contribution is 7.91. The van der Waals surface area contributed by atoms with Crippen molar-refractivity contribution >= 4 is 33.1 Å². The molecule has 2 aromatic rings. The first-order chi connectivity index (χ1) is 12.3. The Kier molecular flexibility index (Phi) is 5.36. The van der Waals surface area contributed by atoms with Gasteiger partial charge in [-0.3, -0.25) is 0 Å². The number of nitrogen functional groups attached to an aromatic ring is 1. The Morgan fingerprint density at radius 2 is 2.15 bits per heavy atom. The molecule has 1 aromatic heterocycles. The van der Waals surface area contributed by atoms with Gasteiger partial charge in [0.1, 0.15) is 5.82 Å². The number of rotatable bonds is 3. The fraction of sp³-hybridized carbons (Fsp3) is 0.412. The fourth-order valence-electron chi connectivity index (χ4n) is 3.05. The van der Waals surface area contributed by atoms with Crippen LogP contribution in [0.2, 0.25) is 5.02 Å². The first-order valence-electron chi connectivity index (χ1n) is 8.24. The molecule has 26 heavy (non-hydrogen) atoms. The molecule has 0 spiro atoms. The van der Waals surface area contributed by atoms with Crippen molar-refractivity contribution in [3.63, 3.8) is 0 Å². The van der Waals surface area contributed by atoms with Gasteiger partial charge in [0, 0.05) is 41.1 Å². The molecule has 9 heteroatoms. The van der Waals surface area contributed by atoms with Crippen LogP contribution in [0.3, 0.4) is 0 Å². The number of benzene rings is 1. The molecule has 1 fully saturated rings. The highest BCUT2D eigenvalue weighted by Gasteiger charge is 2.27. The van der Waals surface area contributed by atoms with Crippen molar-refractivity contribution in [2.75, 3.05) is 36.6 Å². The minimum Gasteiger partial charge on any atom is -0.379 e. The van der Waals surface area contributed by atoms with E-state index in [-0.39, 0.29) is 12.0 Å². The number of nitrogens with one attached hydrogen (secondary N) is 1. The van der Waals surface area contributed by atoms with Gasteiger partial charge in [0.2, 0.25) is 5.95 Å². The summed E-state index contributed by atoms with van der Waals surface area (Å²) in [6, 6.07) is 6.71. The van der Waals surface area contributed by atoms with Gasteiger partial charge in [-0.2, -0.15) is 4.98 Å². The van der Waals surface area contributed by atoms with Crippen LogP contribution in [0.5, 0.6) is 0 Å². The van der Waals surface area contributed by atoms with E-state index in [0.29, 0.717) is 35.5 Å². The Morgan fingerprint density at radius 1 is 1.38 bits per heavy atom. The minimum absolute atomic E-state index is 0.214. The molecule has 0 bridgehead atoms. The molecule has 0 aliphatic carbocycles. The van der Waals surface area contributed by atoms with Gasteiger partial charge in [-0.25, -0.2) is 14.0 Å². The lowest BCUT2D eigenvalue weighted by molar-refractivity contribution is 0.134. The number of aromatic nitrogens is 2. The Labute approximate surface area is 158 Å². The maximum absolute atomic E-state index is 12.2. The van der Waals surface area contributed by atoms with E-state index < -0.39 is 9.73 Å². The standard InChI is InChI=1S/C17H22ClN5O2S/c1-11-8-16(22-17(19)21-11)23-6-3-7-25-10-15(23)13-9-12(26(2,20)24)4-5-14(13)18/h4-5,8-9,15,20H,3,6-7,10H2,1-2H3,(H2,19,21,22)/t15-,26?/m1/s1. The van der Waals surface area contributed by atoms with Crippen molar-refractivity contribution < 1.29 is 8.95 Å². The number of anilines is 2. The predicted octanol–water partition coefficient (Wildman–Crippen LogP) is 3.02. The Morgan fingerprint density at radius 3 is 2.85 bits per heavy atom. The van der Waals surface area contributed by atoms with E-state index in [1.165, 1.54) is 6.26 Å². The molecule has 2 heterocycles. The van der Waals surface area contributed by atoms with Crippen molar-refractivity contribution in [2.24, 2.45) is 0 Å². The van der Waals surface area contributed by atoms with E-state index >= 15 is 0 Å². The number of nitrogens with zero attached hydrogens (tertiary/aromatic N) is 3. The molecule has 0 amide bonds. The zero-order valence-electron chi connectivity index (χ0n) is 14.7. The van der Waals surface area contributed by atoms with Crippen molar-refractivity contribution in [2.45, 2.75) is 24.3 Å². The van der Waals surface area contributed by atoms with Crippen LogP contribution in [0, 0.1) is 11.7 Å². The van der Waals surface area contributed by atoms with E-state index in [2.05, 4.69) is 14.9 Å². The van der Waals surface area contributed by atoms with Gasteiger partial charge in [0.15, 0.2) is 0 Å². The lowest BCUT2D eigenvalue weighted by atomic mass is 10.1. The third-order valence-corrected chi connectivity index (χ3v) is 5.77. The lowest BCUT2D eigenvalue weighted by Gasteiger charge is -2.31. The van der Waals surface area contributed by atoms with Crippen LogP contribution in [0.25, 0.3) is 0 Å². The Bertz CT molecular complexity index is 899. The summed E-state index contributed by atoms with van der Waals surface area (Å²) < 4.78 is 25.8. The van der Waals surface area contributed by atoms with Crippen LogP contribution in [0.15, 0.2) is 29.2 Å². The van der Waals surface area contributed by atoms with Crippen molar-refractivity contribution in [3.05, 3.63) is 40.5 Å². The second kappa shape index (κ2) is 7.38. The summed E-state index contributed by atoms with van der Waals surface area (Å²) in [5.74, 6) is 0.918. The summed E-state index contributed by atoms with van der Waals surface area (Å²) in [5, 5.41) is 0.539. The van der Waals surface area contributed by atoms with E-state index in [0.717, 1.165) is 17.7 Å². The topological polar surface area (TPSA) is 105 Å². The van der Waals surface area contributed by atoms with Crippen LogP contribution in [0.1, 0.15) is 23.7 Å². The molecule has 3 N–H and O–H groups in total. The second-order valence-corrected chi connectivity index (χ2v) is 8.96. The van der Waals surface area contributed by atoms with Crippen LogP contribution < -0.4 is 10.6 Å². The van der Waals surface area contributed by atoms with Crippen LogP contribution in [0.4, 0.5) is 11.8 Å². The fourth-order valence-corrected chi connectivity index (χ4v) is 3.97. The van der Waals surface area contributed by atoms with Gasteiger partial charge in [0.25, 0.3) is 0 Å². The Balaban J connectivity index is 2.10. The van der Waals surface area contributed by atoms with E-state index in [1.807, 2.05) is 13.0 Å². The van der Waals surface area contributed by atoms with Gasteiger partial charge in [0.05, 0.1) is 22.4 Å². The normalized spacial score (nSPS) is 20.4. The molecule has 1 aromatic carbocycles. The monoisotopic (exact) mass is 395 g/mol. The van der Waals surface area contributed by atoms with E-state index in [4.69, 9.17) is 26.9 Å². The summed E-state index contributed by atoms with van der Waals surface area (Å²) in [6.07, 6.45) is 2.23. The van der Waals surface area contributed by atoms with E-state index in [9.17, 15) is 4.21 Å². The minimum atomic E-state index is -2.85. The number of hydrogen-bond donors (Lipinski definition) is 2. The van der Waals surface area contributed by atoms with Gasteiger partial charge in [-0.15, -0.1) is 0 Å². The number of halogens is 1. The summed E-state index contributed by atoms with van der Waals surface area (Å²) in [6.45, 7) is 3.62. The summed E-state index contributed by atoms with van der Waals surface area (Å²) >= 11 is 6.45. The van der Waals surface area contributed by atoms with Crippen LogP contribution in [-0.2, 0) is 14.5 Å². The number of aryl methyl sites for hydroxylation is 1. The third kappa shape index (κ3) is 4.08. The molecule has 1 aliphatic heterocycles. The molecular formula is C17H22ClN5O2S. The summed E-state index contributed by atoms with van der Waals surface area (Å²) in [5.41, 5.74) is 7.37. The van der Waals surface area contributed by atoms with Crippen molar-refractivity contribution in [1.82, 2.24) is 9.97 Å². The molecule has 1 unspecified atom stereocenters. The molecule has 1 aliphatic rings. The van der Waals surface area contributed by atoms with Crippen molar-refractivity contribution in [1.29, 1.82) is 4.78 Å². The molecule has 1 saturated heterocycles. The largest absolute Gasteiger partial charge is 0.379 e. The maximum atomic E-state index is 12.2. The average Bonchev–Trinajstić information content (AvgIpc) is 2.79. The number of ether oxygens (including phenoxy) is 1. The smallest absolute Gasteiger partial charge is 0.222 e. The zero-order chi connectivity index (χ0) is 18.9. The molecule has 0 saturated carbocycles. The summed E-state index contributed by atoms with van der Waals surface area (Å²) in [4.78, 5) is 11.0. The number of nitrogens with two attached hydrogens (primary N) is 1. The average molecular weight is 396 g/mol. The van der Waals surface area contributed by atoms with Gasteiger partial charge < -0.3 is 15.4 Å². The summed E-state index contributed by atoms with van der Waals surface area (Å²) in [7, 11) is -2.85. The molecule has 0 radical (unpaired) electrons. The van der Waals surface area contributed by atoms with Crippen molar-refractivity contribution in [3.8, 4) is 0 Å². The molecule has 7 nitrogen and oxygen atoms in total. The third-order valence-electron chi connectivity index (χ3n) is 4.27. The Hall–Kier alpha value is -1.90. The van der Waals surface area contributed by atoms with Gasteiger partial charge in [-0.1, -0.05) is 11.6 Å².